The summed E-state index contributed by atoms with van der Waals surface area (Å²) in [5.41, 5.74) is 0.711. The molecule has 1 aromatic carbocycles. The fraction of sp³-hybridized carbons (Fsp3) is 0.462. The average Bonchev–Trinajstić information content (AvgIpc) is 2.70. The van der Waals surface area contributed by atoms with E-state index in [0.717, 1.165) is 26.1 Å². The van der Waals surface area contributed by atoms with E-state index in [2.05, 4.69) is 4.98 Å². The van der Waals surface area contributed by atoms with Gasteiger partial charge < -0.3 is 9.72 Å². The minimum atomic E-state index is -0.379. The highest BCUT2D eigenvalue weighted by Crippen LogP contribution is 2.19. The van der Waals surface area contributed by atoms with Crippen LogP contribution < -0.4 is 5.69 Å². The predicted molar refractivity (Wildman–Crippen MR) is 66.1 cm³/mol. The number of rotatable bonds is 2. The lowest BCUT2D eigenvalue weighted by atomic mass is 10.0. The first-order valence-corrected chi connectivity index (χ1v) is 6.20. The van der Waals surface area contributed by atoms with Crippen molar-refractivity contribution in [3.8, 4) is 0 Å². The van der Waals surface area contributed by atoms with E-state index in [1.54, 1.807) is 16.7 Å². The number of aromatic nitrogens is 2. The summed E-state index contributed by atoms with van der Waals surface area (Å²) in [6.45, 7) is 2.12. The lowest BCUT2D eigenvalue weighted by Crippen LogP contribution is -2.25. The Bertz CT molecular complexity index is 611. The molecule has 4 nitrogen and oxygen atoms in total. The van der Waals surface area contributed by atoms with Crippen molar-refractivity contribution in [2.75, 3.05) is 13.2 Å². The summed E-state index contributed by atoms with van der Waals surface area (Å²) in [4.78, 5) is 14.5. The van der Waals surface area contributed by atoms with Crippen molar-refractivity contribution in [3.05, 3.63) is 34.5 Å². The molecule has 0 spiro atoms. The third-order valence-electron chi connectivity index (χ3n) is 3.54. The van der Waals surface area contributed by atoms with Gasteiger partial charge in [-0.2, -0.15) is 0 Å². The Labute approximate surface area is 103 Å². The van der Waals surface area contributed by atoms with Gasteiger partial charge >= 0.3 is 5.69 Å². The number of aromatic amines is 1. The summed E-state index contributed by atoms with van der Waals surface area (Å²) in [6.07, 6.45) is 1.91. The van der Waals surface area contributed by atoms with Gasteiger partial charge in [0.25, 0.3) is 0 Å². The van der Waals surface area contributed by atoms with Crippen LogP contribution in [0.25, 0.3) is 11.0 Å². The Kier molecular flexibility index (Phi) is 2.91. The molecule has 0 aliphatic carbocycles. The molecule has 1 aliphatic rings. The maximum absolute atomic E-state index is 13.6. The topological polar surface area (TPSA) is 47.0 Å². The van der Waals surface area contributed by atoms with Gasteiger partial charge in [0.1, 0.15) is 11.3 Å². The zero-order valence-corrected chi connectivity index (χ0v) is 9.99. The third kappa shape index (κ3) is 1.95. The first kappa shape index (κ1) is 11.5. The van der Waals surface area contributed by atoms with Crippen LogP contribution in [0.1, 0.15) is 12.8 Å². The number of hydrogen-bond donors (Lipinski definition) is 1. The molecule has 0 radical (unpaired) electrons. The molecule has 5 heteroatoms. The number of nitrogens with one attached hydrogen (secondary N) is 1. The van der Waals surface area contributed by atoms with Crippen molar-refractivity contribution in [1.82, 2.24) is 9.55 Å². The fourth-order valence-electron chi connectivity index (χ4n) is 2.51. The average molecular weight is 250 g/mol. The second-order valence-electron chi connectivity index (χ2n) is 4.73. The van der Waals surface area contributed by atoms with Gasteiger partial charge in [0, 0.05) is 19.8 Å². The second kappa shape index (κ2) is 4.57. The number of H-pyrrole nitrogens is 1. The Balaban J connectivity index is 1.98. The minimum Gasteiger partial charge on any atom is -0.381 e. The molecule has 96 valence electrons. The van der Waals surface area contributed by atoms with Crippen molar-refractivity contribution < 1.29 is 9.13 Å². The van der Waals surface area contributed by atoms with Crippen LogP contribution in [0.5, 0.6) is 0 Å². The van der Waals surface area contributed by atoms with Crippen LogP contribution in [0, 0.1) is 11.7 Å². The molecule has 1 aliphatic heterocycles. The van der Waals surface area contributed by atoms with Crippen LogP contribution in [0.4, 0.5) is 4.39 Å². The second-order valence-corrected chi connectivity index (χ2v) is 4.73. The lowest BCUT2D eigenvalue weighted by Gasteiger charge is -2.22. The Morgan fingerprint density at radius 3 is 2.94 bits per heavy atom. The van der Waals surface area contributed by atoms with Gasteiger partial charge in [-0.1, -0.05) is 6.07 Å². The molecule has 0 unspecified atom stereocenters. The van der Waals surface area contributed by atoms with E-state index in [1.165, 1.54) is 6.07 Å². The fourth-order valence-corrected chi connectivity index (χ4v) is 2.51. The molecular weight excluding hydrogens is 235 g/mol. The largest absolute Gasteiger partial charge is 0.381 e. The minimum absolute atomic E-state index is 0.235. The van der Waals surface area contributed by atoms with Gasteiger partial charge in [0.15, 0.2) is 0 Å². The zero-order chi connectivity index (χ0) is 12.5. The standard InChI is InChI=1S/C13H15FN2O2/c14-10-2-1-3-11-12(10)15-13(17)16(11)8-9-4-6-18-7-5-9/h1-3,9H,4-8H2,(H,15,17). The number of ether oxygens (including phenoxy) is 1. The van der Waals surface area contributed by atoms with E-state index in [4.69, 9.17) is 4.74 Å². The molecular formula is C13H15FN2O2. The van der Waals surface area contributed by atoms with Gasteiger partial charge in [0.05, 0.1) is 5.52 Å². The summed E-state index contributed by atoms with van der Waals surface area (Å²) in [6, 6.07) is 4.76. The summed E-state index contributed by atoms with van der Waals surface area (Å²) < 4.78 is 20.5. The van der Waals surface area contributed by atoms with Gasteiger partial charge in [-0.3, -0.25) is 4.57 Å². The van der Waals surface area contributed by atoms with E-state index >= 15 is 0 Å². The normalized spacial score (nSPS) is 17.4. The Morgan fingerprint density at radius 1 is 1.39 bits per heavy atom. The highest BCUT2D eigenvalue weighted by atomic mass is 19.1. The number of para-hydroxylation sites is 1. The van der Waals surface area contributed by atoms with Gasteiger partial charge in [0.2, 0.25) is 0 Å². The molecule has 0 saturated carbocycles. The maximum Gasteiger partial charge on any atom is 0.326 e. The number of nitrogens with zero attached hydrogens (tertiary/aromatic N) is 1. The molecule has 1 saturated heterocycles. The highest BCUT2D eigenvalue weighted by Gasteiger charge is 2.17. The van der Waals surface area contributed by atoms with Crippen molar-refractivity contribution >= 4 is 11.0 Å². The Morgan fingerprint density at radius 2 is 2.17 bits per heavy atom. The quantitative estimate of drug-likeness (QED) is 0.884. The molecule has 3 rings (SSSR count). The summed E-state index contributed by atoms with van der Waals surface area (Å²) in [5, 5.41) is 0. The van der Waals surface area contributed by atoms with Gasteiger partial charge in [-0.05, 0) is 30.9 Å². The van der Waals surface area contributed by atoms with Crippen LogP contribution in [0.2, 0.25) is 0 Å². The molecule has 1 aromatic heterocycles. The molecule has 18 heavy (non-hydrogen) atoms. The first-order valence-electron chi connectivity index (χ1n) is 6.20. The van der Waals surface area contributed by atoms with Crippen molar-refractivity contribution in [1.29, 1.82) is 0 Å². The molecule has 2 aromatic rings. The van der Waals surface area contributed by atoms with Crippen LogP contribution in [-0.2, 0) is 11.3 Å². The monoisotopic (exact) mass is 250 g/mol. The molecule has 0 bridgehead atoms. The number of imidazole rings is 1. The van der Waals surface area contributed by atoms with E-state index in [9.17, 15) is 9.18 Å². The van der Waals surface area contributed by atoms with Crippen LogP contribution in [-0.4, -0.2) is 22.8 Å². The number of halogens is 1. The zero-order valence-electron chi connectivity index (χ0n) is 9.99. The van der Waals surface area contributed by atoms with E-state index in [0.29, 0.717) is 23.5 Å². The van der Waals surface area contributed by atoms with E-state index < -0.39 is 0 Å². The predicted octanol–water partition coefficient (Wildman–Crippen LogP) is 1.90. The SMILES string of the molecule is O=c1[nH]c2c(F)cccc2n1CC1CCOCC1. The Hall–Kier alpha value is -1.62. The van der Waals surface area contributed by atoms with Gasteiger partial charge in [-0.15, -0.1) is 0 Å². The van der Waals surface area contributed by atoms with Crippen LogP contribution >= 0.6 is 0 Å². The molecule has 2 heterocycles. The highest BCUT2D eigenvalue weighted by molar-refractivity contribution is 5.75. The summed E-state index contributed by atoms with van der Waals surface area (Å²) in [5.74, 6) is 0.0500. The lowest BCUT2D eigenvalue weighted by molar-refractivity contribution is 0.0613. The molecule has 0 amide bonds. The first-order chi connectivity index (χ1) is 8.75. The smallest absolute Gasteiger partial charge is 0.326 e. The van der Waals surface area contributed by atoms with Crippen LogP contribution in [0.3, 0.4) is 0 Å². The van der Waals surface area contributed by atoms with E-state index in [-0.39, 0.29) is 11.5 Å². The molecule has 1 N–H and O–H groups in total. The van der Waals surface area contributed by atoms with E-state index in [1.807, 2.05) is 0 Å². The summed E-state index contributed by atoms with van der Waals surface area (Å²) >= 11 is 0. The number of benzene rings is 1. The van der Waals surface area contributed by atoms with Crippen molar-refractivity contribution in [3.63, 3.8) is 0 Å². The number of hydrogen-bond acceptors (Lipinski definition) is 2. The summed E-state index contributed by atoms with van der Waals surface area (Å²) in [7, 11) is 0. The van der Waals surface area contributed by atoms with Crippen molar-refractivity contribution in [2.24, 2.45) is 5.92 Å². The number of fused-ring (bicyclic) bond motifs is 1. The van der Waals surface area contributed by atoms with Crippen molar-refractivity contribution in [2.45, 2.75) is 19.4 Å². The molecule has 0 atom stereocenters. The van der Waals surface area contributed by atoms with Gasteiger partial charge in [-0.25, -0.2) is 9.18 Å². The molecule has 1 fully saturated rings. The maximum atomic E-state index is 13.6. The third-order valence-corrected chi connectivity index (χ3v) is 3.54. The van der Waals surface area contributed by atoms with Crippen LogP contribution in [0.15, 0.2) is 23.0 Å².